The summed E-state index contributed by atoms with van der Waals surface area (Å²) in [7, 11) is 0. The molecule has 1 saturated carbocycles. The number of amides is 1. The Morgan fingerprint density at radius 1 is 1.08 bits per heavy atom. The highest BCUT2D eigenvalue weighted by atomic mass is 32.1. The van der Waals surface area contributed by atoms with Crippen LogP contribution in [-0.4, -0.2) is 36.7 Å². The van der Waals surface area contributed by atoms with Crippen LogP contribution in [0.15, 0.2) is 55.1 Å². The first-order chi connectivity index (χ1) is 18.2. The van der Waals surface area contributed by atoms with Gasteiger partial charge in [0.1, 0.15) is 5.82 Å². The minimum Gasteiger partial charge on any atom is -0.454 e. The molecular weight excluding hydrogens is 482 g/mol. The third kappa shape index (κ3) is 6.27. The van der Waals surface area contributed by atoms with Gasteiger partial charge in [-0.2, -0.15) is 4.37 Å². The Morgan fingerprint density at radius 3 is 2.81 bits per heavy atom. The summed E-state index contributed by atoms with van der Waals surface area (Å²) in [5, 5.41) is 4.45. The zero-order valence-corrected chi connectivity index (χ0v) is 22.3. The number of carbonyl (C=O) groups excluding carboxylic acids is 1. The zero-order valence-electron chi connectivity index (χ0n) is 21.5. The first-order valence-corrected chi connectivity index (χ1v) is 14.4. The van der Waals surface area contributed by atoms with Crippen LogP contribution in [0, 0.1) is 11.8 Å². The lowest BCUT2D eigenvalue weighted by Crippen LogP contribution is -2.34. The normalized spacial score (nSPS) is 18.6. The number of rotatable bonds is 12. The average molecular weight is 520 g/mol. The van der Waals surface area contributed by atoms with Crippen molar-refractivity contribution in [3.05, 3.63) is 60.7 Å². The van der Waals surface area contributed by atoms with Crippen LogP contribution in [0.5, 0.6) is 11.5 Å². The van der Waals surface area contributed by atoms with E-state index >= 15 is 0 Å². The van der Waals surface area contributed by atoms with E-state index in [0.717, 1.165) is 38.3 Å². The van der Waals surface area contributed by atoms with Crippen LogP contribution in [0.3, 0.4) is 0 Å². The van der Waals surface area contributed by atoms with Gasteiger partial charge in [-0.15, -0.1) is 6.58 Å². The van der Waals surface area contributed by atoms with Crippen LogP contribution in [0.2, 0.25) is 0 Å². The molecule has 3 aromatic rings. The quantitative estimate of drug-likeness (QED) is 0.210. The van der Waals surface area contributed by atoms with E-state index in [4.69, 9.17) is 13.8 Å². The second-order valence-corrected chi connectivity index (χ2v) is 11.0. The van der Waals surface area contributed by atoms with E-state index in [-0.39, 0.29) is 12.7 Å². The first kappa shape index (κ1) is 25.6. The van der Waals surface area contributed by atoms with Crippen molar-refractivity contribution in [1.82, 2.24) is 9.69 Å². The van der Waals surface area contributed by atoms with Crippen molar-refractivity contribution < 1.29 is 14.3 Å². The van der Waals surface area contributed by atoms with E-state index in [1.54, 1.807) is 17.6 Å². The number of ether oxygens (including phenoxy) is 2. The molecule has 0 bridgehead atoms. The molecule has 1 aliphatic heterocycles. The fraction of sp³-hybridized carbons (Fsp3) is 0.467. The first-order valence-electron chi connectivity index (χ1n) is 13.6. The van der Waals surface area contributed by atoms with Crippen LogP contribution in [-0.2, 0) is 0 Å². The molecule has 2 atom stereocenters. The fourth-order valence-electron chi connectivity index (χ4n) is 5.68. The highest BCUT2D eigenvalue weighted by Crippen LogP contribution is 2.35. The van der Waals surface area contributed by atoms with Crippen molar-refractivity contribution in [3.63, 3.8) is 0 Å². The number of nitrogens with one attached hydrogen (secondary N) is 1. The van der Waals surface area contributed by atoms with E-state index in [0.29, 0.717) is 28.9 Å². The van der Waals surface area contributed by atoms with Gasteiger partial charge in [-0.05, 0) is 73.0 Å². The summed E-state index contributed by atoms with van der Waals surface area (Å²) < 4.78 is 16.8. The monoisotopic (exact) mass is 519 g/mol. The van der Waals surface area contributed by atoms with Gasteiger partial charge in [0.2, 0.25) is 6.79 Å². The summed E-state index contributed by atoms with van der Waals surface area (Å²) in [6, 6.07) is 13.9. The lowest BCUT2D eigenvalue weighted by atomic mass is 9.76. The van der Waals surface area contributed by atoms with Crippen molar-refractivity contribution in [2.45, 2.75) is 51.4 Å². The lowest BCUT2D eigenvalue weighted by molar-refractivity contribution is 0.0932. The molecule has 7 heteroatoms. The van der Waals surface area contributed by atoms with Crippen molar-refractivity contribution in [2.75, 3.05) is 31.3 Å². The predicted octanol–water partition coefficient (Wildman–Crippen LogP) is 6.81. The van der Waals surface area contributed by atoms with Gasteiger partial charge in [0.25, 0.3) is 5.91 Å². The van der Waals surface area contributed by atoms with Crippen molar-refractivity contribution >= 4 is 33.3 Å². The number of aromatic nitrogens is 1. The molecule has 1 aliphatic carbocycles. The summed E-state index contributed by atoms with van der Waals surface area (Å²) in [6.45, 7) is 6.85. The van der Waals surface area contributed by atoms with Crippen LogP contribution in [0.1, 0.15) is 61.7 Å². The van der Waals surface area contributed by atoms with E-state index in [2.05, 4.69) is 41.1 Å². The number of hydrogen-bond donors (Lipinski definition) is 1. The fourth-order valence-corrected chi connectivity index (χ4v) is 6.47. The highest BCUT2D eigenvalue weighted by molar-refractivity contribution is 7.13. The molecule has 0 saturated heterocycles. The lowest BCUT2D eigenvalue weighted by Gasteiger charge is -2.32. The smallest absolute Gasteiger partial charge is 0.251 e. The Labute approximate surface area is 223 Å². The molecule has 1 amide bonds. The van der Waals surface area contributed by atoms with Gasteiger partial charge in [-0.25, -0.2) is 0 Å². The van der Waals surface area contributed by atoms with E-state index in [1.807, 2.05) is 18.2 Å². The molecule has 196 valence electrons. The topological polar surface area (TPSA) is 63.7 Å². The molecule has 0 unspecified atom stereocenters. The number of fused-ring (bicyclic) bond motifs is 2. The maximum Gasteiger partial charge on any atom is 0.251 e. The van der Waals surface area contributed by atoms with Gasteiger partial charge in [0.05, 0.1) is 4.70 Å². The Balaban J connectivity index is 1.12. The minimum absolute atomic E-state index is 0.0315. The predicted molar refractivity (Wildman–Crippen MR) is 151 cm³/mol. The van der Waals surface area contributed by atoms with E-state index < -0.39 is 0 Å². The van der Waals surface area contributed by atoms with Crippen LogP contribution in [0.4, 0.5) is 5.82 Å². The zero-order chi connectivity index (χ0) is 25.5. The van der Waals surface area contributed by atoms with E-state index in [1.165, 1.54) is 48.6 Å². The van der Waals surface area contributed by atoms with Gasteiger partial charge in [-0.3, -0.25) is 4.79 Å². The average Bonchev–Trinajstić information content (AvgIpc) is 3.59. The molecule has 0 spiro atoms. The number of benzene rings is 2. The highest BCUT2D eigenvalue weighted by Gasteiger charge is 2.26. The molecule has 2 aliphatic rings. The Bertz CT molecular complexity index is 1210. The molecular formula is C30H37N3O3S. The third-order valence-electron chi connectivity index (χ3n) is 7.74. The van der Waals surface area contributed by atoms with Crippen LogP contribution >= 0.6 is 11.5 Å². The summed E-state index contributed by atoms with van der Waals surface area (Å²) in [4.78, 5) is 15.2. The van der Waals surface area contributed by atoms with Crippen molar-refractivity contribution in [1.29, 1.82) is 0 Å². The summed E-state index contributed by atoms with van der Waals surface area (Å²) in [5.74, 6) is 3.66. The standard InChI is InChI=1S/C30H37N3O3S/c1-2-3-17-33(29-25-13-6-7-14-28(25)37-32-29)18-9-8-11-22-10-4-5-12-24(22)20-31-30(34)23-15-16-26-27(19-23)36-21-35-26/h2,6-7,13-16,19,22,24H,1,3-5,8-12,17-18,20-21H2,(H,31,34)/t22-,24+/m0/s1. The number of nitrogens with zero attached hydrogens (tertiary/aromatic N) is 2. The van der Waals surface area contributed by atoms with Crippen LogP contribution < -0.4 is 19.7 Å². The summed E-state index contributed by atoms with van der Waals surface area (Å²) >= 11 is 1.58. The van der Waals surface area contributed by atoms with Gasteiger partial charge in [0, 0.05) is 30.6 Å². The van der Waals surface area contributed by atoms with E-state index in [9.17, 15) is 4.79 Å². The SMILES string of the molecule is C=CCCN(CCCC[C@@H]1CCCC[C@@H]1CNC(=O)c1ccc2c(c1)OCO2)c1nsc2ccccc12. The Hall–Kier alpha value is -3.06. The Morgan fingerprint density at radius 2 is 1.92 bits per heavy atom. The molecule has 1 N–H and O–H groups in total. The van der Waals surface area contributed by atoms with Gasteiger partial charge < -0.3 is 19.7 Å². The molecule has 0 radical (unpaired) electrons. The number of unbranched alkanes of at least 4 members (excludes halogenated alkanes) is 1. The van der Waals surface area contributed by atoms with Crippen molar-refractivity contribution in [3.8, 4) is 11.5 Å². The van der Waals surface area contributed by atoms with Crippen LogP contribution in [0.25, 0.3) is 10.1 Å². The number of hydrogen-bond acceptors (Lipinski definition) is 6. The summed E-state index contributed by atoms with van der Waals surface area (Å²) in [5.41, 5.74) is 0.630. The largest absolute Gasteiger partial charge is 0.454 e. The molecule has 2 aromatic carbocycles. The second-order valence-electron chi connectivity index (χ2n) is 10.1. The number of anilines is 1. The maximum absolute atomic E-state index is 12.8. The van der Waals surface area contributed by atoms with Crippen molar-refractivity contribution in [2.24, 2.45) is 11.8 Å². The second kappa shape index (κ2) is 12.5. The molecule has 1 aromatic heterocycles. The van der Waals surface area contributed by atoms with Gasteiger partial charge >= 0.3 is 0 Å². The minimum atomic E-state index is -0.0315. The molecule has 6 nitrogen and oxygen atoms in total. The Kier molecular flexibility index (Phi) is 8.61. The molecule has 37 heavy (non-hydrogen) atoms. The van der Waals surface area contributed by atoms with Gasteiger partial charge in [0.15, 0.2) is 11.5 Å². The summed E-state index contributed by atoms with van der Waals surface area (Å²) in [6.07, 6.45) is 11.5. The molecule has 1 fully saturated rings. The third-order valence-corrected chi connectivity index (χ3v) is 8.56. The van der Waals surface area contributed by atoms with Gasteiger partial charge in [-0.1, -0.05) is 50.3 Å². The maximum atomic E-state index is 12.8. The number of carbonyl (C=O) groups is 1. The molecule has 2 heterocycles. The molecule has 5 rings (SSSR count).